The maximum Gasteiger partial charge on any atom is 0.310 e. The Morgan fingerprint density at radius 3 is 2.47 bits per heavy atom. The molecule has 19 heavy (non-hydrogen) atoms. The zero-order valence-electron chi connectivity index (χ0n) is 12.8. The van der Waals surface area contributed by atoms with E-state index in [0.29, 0.717) is 19.1 Å². The fraction of sp³-hybridized carbons (Fsp3) is 0.933. The highest BCUT2D eigenvalue weighted by Crippen LogP contribution is 2.40. The molecule has 1 saturated carbocycles. The van der Waals surface area contributed by atoms with Crippen LogP contribution in [-0.4, -0.2) is 48.8 Å². The van der Waals surface area contributed by atoms with Gasteiger partial charge in [0.15, 0.2) is 0 Å². The molecule has 0 aliphatic heterocycles. The molecule has 1 aliphatic rings. The summed E-state index contributed by atoms with van der Waals surface area (Å²) in [5, 5.41) is 9.67. The smallest absolute Gasteiger partial charge is 0.310 e. The van der Waals surface area contributed by atoms with Gasteiger partial charge in [-0.3, -0.25) is 9.69 Å². The Morgan fingerprint density at radius 1 is 1.47 bits per heavy atom. The van der Waals surface area contributed by atoms with Crippen molar-refractivity contribution >= 4 is 5.97 Å². The van der Waals surface area contributed by atoms with E-state index in [9.17, 15) is 9.90 Å². The van der Waals surface area contributed by atoms with Gasteiger partial charge >= 0.3 is 5.97 Å². The molecule has 0 amide bonds. The predicted octanol–water partition coefficient (Wildman–Crippen LogP) is 2.62. The van der Waals surface area contributed by atoms with Gasteiger partial charge in [0.05, 0.1) is 12.0 Å². The molecule has 112 valence electrons. The van der Waals surface area contributed by atoms with Crippen LogP contribution in [0.4, 0.5) is 0 Å². The topological polar surface area (TPSA) is 49.8 Å². The lowest BCUT2D eigenvalue weighted by atomic mass is 9.70. The van der Waals surface area contributed by atoms with E-state index in [1.165, 1.54) is 0 Å². The number of carbonyl (C=O) groups is 1. The van der Waals surface area contributed by atoms with Crippen molar-refractivity contribution in [1.82, 2.24) is 4.90 Å². The molecular weight excluding hydrogens is 242 g/mol. The normalized spacial score (nSPS) is 29.4. The van der Waals surface area contributed by atoms with Gasteiger partial charge in [-0.15, -0.1) is 0 Å². The van der Waals surface area contributed by atoms with E-state index in [1.807, 2.05) is 0 Å². The molecular formula is C15H29NO3. The maximum atomic E-state index is 11.8. The fourth-order valence-electron chi connectivity index (χ4n) is 3.07. The number of likely N-dealkylation sites (N-methyl/N-ethyl adjacent to an activating group) is 1. The monoisotopic (exact) mass is 271 g/mol. The van der Waals surface area contributed by atoms with Crippen LogP contribution < -0.4 is 0 Å². The molecule has 0 aromatic carbocycles. The summed E-state index contributed by atoms with van der Waals surface area (Å²) in [6, 6.07) is 0.269. The summed E-state index contributed by atoms with van der Waals surface area (Å²) in [7, 11) is 1.69. The van der Waals surface area contributed by atoms with E-state index in [4.69, 9.17) is 4.74 Å². The zero-order valence-corrected chi connectivity index (χ0v) is 12.8. The van der Waals surface area contributed by atoms with Crippen LogP contribution in [0.15, 0.2) is 0 Å². The molecule has 0 saturated heterocycles. The first-order valence-corrected chi connectivity index (χ1v) is 7.41. The lowest BCUT2D eigenvalue weighted by Gasteiger charge is -2.41. The van der Waals surface area contributed by atoms with E-state index in [0.717, 1.165) is 32.2 Å². The number of carboxylic acid groups (broad SMARTS) is 1. The van der Waals surface area contributed by atoms with Crippen LogP contribution in [-0.2, 0) is 9.53 Å². The van der Waals surface area contributed by atoms with Gasteiger partial charge < -0.3 is 9.84 Å². The molecule has 1 aliphatic carbocycles. The average Bonchev–Trinajstić information content (AvgIpc) is 2.38. The van der Waals surface area contributed by atoms with Gasteiger partial charge in [-0.05, 0) is 45.1 Å². The first kappa shape index (κ1) is 16.4. The second-order valence-electron chi connectivity index (χ2n) is 6.14. The van der Waals surface area contributed by atoms with Gasteiger partial charge in [0.2, 0.25) is 0 Å². The number of nitrogens with zero attached hydrogens (tertiary/aromatic N) is 1. The average molecular weight is 271 g/mol. The third-order valence-corrected chi connectivity index (χ3v) is 4.63. The van der Waals surface area contributed by atoms with Crippen molar-refractivity contribution in [3.05, 3.63) is 0 Å². The van der Waals surface area contributed by atoms with Gasteiger partial charge in [0.25, 0.3) is 0 Å². The Hall–Kier alpha value is -0.610. The Kier molecular flexibility index (Phi) is 6.27. The maximum absolute atomic E-state index is 11.8. The molecule has 0 radical (unpaired) electrons. The van der Waals surface area contributed by atoms with Gasteiger partial charge in [-0.1, -0.05) is 13.8 Å². The molecule has 1 unspecified atom stereocenters. The van der Waals surface area contributed by atoms with Gasteiger partial charge in [0.1, 0.15) is 0 Å². The third-order valence-electron chi connectivity index (χ3n) is 4.63. The molecule has 0 heterocycles. The molecule has 0 aromatic rings. The summed E-state index contributed by atoms with van der Waals surface area (Å²) >= 11 is 0. The van der Waals surface area contributed by atoms with Crippen LogP contribution in [0.2, 0.25) is 0 Å². The Morgan fingerprint density at radius 2 is 2.05 bits per heavy atom. The molecule has 4 nitrogen and oxygen atoms in total. The number of aliphatic carboxylic acids is 1. The Balaban J connectivity index is 2.74. The second-order valence-corrected chi connectivity index (χ2v) is 6.14. The zero-order chi connectivity index (χ0) is 14.5. The summed E-state index contributed by atoms with van der Waals surface area (Å²) in [5.41, 5.74) is -0.551. The number of hydrogen-bond donors (Lipinski definition) is 1. The number of carboxylic acids is 1. The van der Waals surface area contributed by atoms with Crippen molar-refractivity contribution < 1.29 is 14.6 Å². The van der Waals surface area contributed by atoms with E-state index < -0.39 is 11.4 Å². The van der Waals surface area contributed by atoms with E-state index in [2.05, 4.69) is 25.7 Å². The quantitative estimate of drug-likeness (QED) is 0.773. The molecule has 0 aromatic heterocycles. The molecule has 0 spiro atoms. The van der Waals surface area contributed by atoms with Crippen LogP contribution in [0, 0.1) is 11.3 Å². The molecule has 0 bridgehead atoms. The summed E-state index contributed by atoms with van der Waals surface area (Å²) in [6.07, 6.45) is 3.67. The first-order valence-electron chi connectivity index (χ1n) is 7.41. The van der Waals surface area contributed by atoms with Crippen LogP contribution in [0.25, 0.3) is 0 Å². The number of methoxy groups -OCH3 is 1. The Bertz CT molecular complexity index is 285. The molecule has 1 N–H and O–H groups in total. The first-order chi connectivity index (χ1) is 8.95. The van der Waals surface area contributed by atoms with Crippen molar-refractivity contribution in [2.75, 3.05) is 26.8 Å². The van der Waals surface area contributed by atoms with Gasteiger partial charge in [-0.25, -0.2) is 0 Å². The minimum absolute atomic E-state index is 0.269. The van der Waals surface area contributed by atoms with Crippen molar-refractivity contribution in [2.45, 2.75) is 52.5 Å². The highest BCUT2D eigenvalue weighted by molar-refractivity contribution is 5.75. The highest BCUT2D eigenvalue weighted by Gasteiger charge is 2.42. The van der Waals surface area contributed by atoms with Crippen LogP contribution in [0.3, 0.4) is 0 Å². The molecule has 1 rings (SSSR count). The van der Waals surface area contributed by atoms with Crippen molar-refractivity contribution in [3.8, 4) is 0 Å². The van der Waals surface area contributed by atoms with Crippen molar-refractivity contribution in [2.24, 2.45) is 11.3 Å². The molecule has 1 fully saturated rings. The second kappa shape index (κ2) is 7.25. The lowest BCUT2D eigenvalue weighted by Crippen LogP contribution is -2.49. The summed E-state index contributed by atoms with van der Waals surface area (Å²) < 4.78 is 5.20. The summed E-state index contributed by atoms with van der Waals surface area (Å²) in [4.78, 5) is 14.0. The largest absolute Gasteiger partial charge is 0.481 e. The van der Waals surface area contributed by atoms with Gasteiger partial charge in [-0.2, -0.15) is 0 Å². The highest BCUT2D eigenvalue weighted by atomic mass is 16.5. The van der Waals surface area contributed by atoms with Crippen molar-refractivity contribution in [3.63, 3.8) is 0 Å². The summed E-state index contributed by atoms with van der Waals surface area (Å²) in [6.45, 7) is 8.59. The van der Waals surface area contributed by atoms with E-state index in [1.54, 1.807) is 7.11 Å². The lowest BCUT2D eigenvalue weighted by molar-refractivity contribution is -0.153. The van der Waals surface area contributed by atoms with E-state index >= 15 is 0 Å². The third kappa shape index (κ3) is 4.18. The van der Waals surface area contributed by atoms with Gasteiger partial charge in [0, 0.05) is 19.7 Å². The number of ether oxygens (including phenoxy) is 1. The predicted molar refractivity (Wildman–Crippen MR) is 76.3 cm³/mol. The number of hydrogen-bond acceptors (Lipinski definition) is 3. The van der Waals surface area contributed by atoms with Crippen molar-refractivity contribution in [1.29, 1.82) is 0 Å². The van der Waals surface area contributed by atoms with Crippen LogP contribution in [0.1, 0.15) is 46.5 Å². The van der Waals surface area contributed by atoms with E-state index in [-0.39, 0.29) is 6.04 Å². The minimum Gasteiger partial charge on any atom is -0.481 e. The molecule has 4 heteroatoms. The minimum atomic E-state index is -0.623. The SMILES string of the molecule is CCN(CC1(C(=O)O)CCC(C)CC1)C(C)COC. The number of rotatable bonds is 7. The fourth-order valence-corrected chi connectivity index (χ4v) is 3.07. The Labute approximate surface area is 117 Å². The van der Waals surface area contributed by atoms with Crippen LogP contribution in [0.5, 0.6) is 0 Å². The van der Waals surface area contributed by atoms with Crippen LogP contribution >= 0.6 is 0 Å². The summed E-state index contributed by atoms with van der Waals surface area (Å²) in [5.74, 6) is 0.0430. The standard InChI is InChI=1S/C15H29NO3/c1-5-16(13(3)10-19-4)11-15(14(17)18)8-6-12(2)7-9-15/h12-13H,5-11H2,1-4H3,(H,17,18). The molecule has 1 atom stereocenters.